The normalized spacial score (nSPS) is 11.5. The summed E-state index contributed by atoms with van der Waals surface area (Å²) in [5.74, 6) is 0.704. The molecule has 0 bridgehead atoms. The minimum Gasteiger partial charge on any atom is -0.493 e. The Balaban J connectivity index is 2.48. The summed E-state index contributed by atoms with van der Waals surface area (Å²) in [6, 6.07) is 3.01. The Bertz CT molecular complexity index is 708. The Hall–Kier alpha value is -2.42. The number of carbonyl (C=O) groups is 3. The number of methoxy groups -OCH3 is 2. The number of esters is 1. The Kier molecular flexibility index (Phi) is 9.64. The molecule has 156 valence electrons. The van der Waals surface area contributed by atoms with Crippen molar-refractivity contribution in [2.24, 2.45) is 0 Å². The summed E-state index contributed by atoms with van der Waals surface area (Å²) in [6.07, 6.45) is -1.06. The molecule has 3 amide bonds. The molecule has 1 aromatic carbocycles. The van der Waals surface area contributed by atoms with Crippen molar-refractivity contribution in [3.63, 3.8) is 0 Å². The highest BCUT2D eigenvalue weighted by Gasteiger charge is 2.20. The molecule has 1 rings (SSSR count). The average Bonchev–Trinajstić information content (AvgIpc) is 2.61. The van der Waals surface area contributed by atoms with Gasteiger partial charge in [0.05, 0.1) is 20.0 Å². The van der Waals surface area contributed by atoms with E-state index >= 15 is 0 Å². The van der Waals surface area contributed by atoms with Crippen LogP contribution < -0.4 is 20.1 Å². The van der Waals surface area contributed by atoms with Gasteiger partial charge < -0.3 is 19.5 Å². The van der Waals surface area contributed by atoms with E-state index in [-0.39, 0.29) is 11.8 Å². The van der Waals surface area contributed by atoms with Crippen LogP contribution in [0, 0.1) is 6.92 Å². The molecule has 1 aromatic rings. The van der Waals surface area contributed by atoms with Crippen molar-refractivity contribution < 1.29 is 28.6 Å². The van der Waals surface area contributed by atoms with Crippen LogP contribution >= 0.6 is 11.8 Å². The van der Waals surface area contributed by atoms with Gasteiger partial charge in [-0.2, -0.15) is 0 Å². The van der Waals surface area contributed by atoms with E-state index in [4.69, 9.17) is 14.2 Å². The number of imide groups is 1. The lowest BCUT2D eigenvalue weighted by Crippen LogP contribution is -2.46. The van der Waals surface area contributed by atoms with Crippen molar-refractivity contribution in [2.75, 3.05) is 20.0 Å². The smallest absolute Gasteiger partial charge is 0.321 e. The van der Waals surface area contributed by atoms with Crippen molar-refractivity contribution in [2.45, 2.75) is 45.6 Å². The lowest BCUT2D eigenvalue weighted by atomic mass is 10.1. The summed E-state index contributed by atoms with van der Waals surface area (Å²) in [5.41, 5.74) is 2.02. The molecule has 28 heavy (non-hydrogen) atoms. The van der Waals surface area contributed by atoms with E-state index in [9.17, 15) is 14.4 Å². The van der Waals surface area contributed by atoms with Gasteiger partial charge >= 0.3 is 12.0 Å². The average molecular weight is 413 g/mol. The van der Waals surface area contributed by atoms with Gasteiger partial charge in [-0.1, -0.05) is 0 Å². The molecule has 0 aliphatic heterocycles. The van der Waals surface area contributed by atoms with Gasteiger partial charge in [-0.05, 0) is 51.0 Å². The molecule has 8 nitrogen and oxygen atoms in total. The number of ether oxygens (including phenoxy) is 3. The van der Waals surface area contributed by atoms with Crippen LogP contribution in [-0.2, 0) is 20.1 Å². The number of hydrogen-bond donors (Lipinski definition) is 2. The first kappa shape index (κ1) is 23.6. The van der Waals surface area contributed by atoms with E-state index in [1.165, 1.54) is 18.7 Å². The molecule has 0 heterocycles. The number of rotatable bonds is 9. The predicted molar refractivity (Wildman–Crippen MR) is 108 cm³/mol. The zero-order valence-corrected chi connectivity index (χ0v) is 17.9. The Morgan fingerprint density at radius 1 is 1.07 bits per heavy atom. The Morgan fingerprint density at radius 3 is 2.25 bits per heavy atom. The number of carbonyl (C=O) groups excluding carboxylic acids is 3. The van der Waals surface area contributed by atoms with Crippen LogP contribution in [0.2, 0.25) is 0 Å². The van der Waals surface area contributed by atoms with Gasteiger partial charge in [0.25, 0.3) is 5.91 Å². The molecule has 0 aromatic heterocycles. The van der Waals surface area contributed by atoms with Crippen molar-refractivity contribution >= 4 is 29.7 Å². The number of amides is 3. The van der Waals surface area contributed by atoms with Crippen molar-refractivity contribution in [3.05, 3.63) is 23.3 Å². The maximum absolute atomic E-state index is 12.0. The van der Waals surface area contributed by atoms with E-state index < -0.39 is 24.0 Å². The van der Waals surface area contributed by atoms with E-state index in [2.05, 4.69) is 10.6 Å². The maximum atomic E-state index is 12.0. The van der Waals surface area contributed by atoms with Crippen LogP contribution in [-0.4, -0.2) is 50.0 Å². The minimum atomic E-state index is -1.06. The number of benzene rings is 1. The zero-order chi connectivity index (χ0) is 21.3. The van der Waals surface area contributed by atoms with Crippen LogP contribution in [0.4, 0.5) is 4.79 Å². The predicted octanol–water partition coefficient (Wildman–Crippen LogP) is 2.41. The van der Waals surface area contributed by atoms with Crippen LogP contribution in [0.3, 0.4) is 0 Å². The van der Waals surface area contributed by atoms with E-state index in [1.54, 1.807) is 28.1 Å². The molecule has 2 N–H and O–H groups in total. The molecule has 0 saturated heterocycles. The molecule has 0 radical (unpaired) electrons. The van der Waals surface area contributed by atoms with Gasteiger partial charge in [-0.3, -0.25) is 14.9 Å². The van der Waals surface area contributed by atoms with Gasteiger partial charge in [-0.25, -0.2) is 4.79 Å². The van der Waals surface area contributed by atoms with Crippen LogP contribution in [0.25, 0.3) is 0 Å². The molecular formula is C19H28N2O6S. The lowest BCUT2D eigenvalue weighted by molar-refractivity contribution is -0.151. The number of aryl methyl sites for hydroxylation is 1. The number of nitrogens with one attached hydrogen (secondary N) is 2. The standard InChI is InChI=1S/C19H28N2O6S/c1-11(2)20-19(24)21-18(23)13(4)27-17(22)10-28-9-14-8-16(26-6)15(25-5)7-12(14)3/h7-8,11,13H,9-10H2,1-6H3,(H2,20,21,23,24)/t13-/m0/s1. The monoisotopic (exact) mass is 412 g/mol. The molecule has 0 aliphatic rings. The third-order valence-corrected chi connectivity index (χ3v) is 4.61. The summed E-state index contributed by atoms with van der Waals surface area (Å²) in [6.45, 7) is 6.90. The second-order valence-corrected chi connectivity index (χ2v) is 7.36. The maximum Gasteiger partial charge on any atom is 0.321 e. The molecule has 0 fully saturated rings. The third-order valence-electron chi connectivity index (χ3n) is 3.65. The molecule has 9 heteroatoms. The highest BCUT2D eigenvalue weighted by Crippen LogP contribution is 2.31. The van der Waals surface area contributed by atoms with E-state index in [0.29, 0.717) is 17.3 Å². The number of urea groups is 1. The van der Waals surface area contributed by atoms with E-state index in [0.717, 1.165) is 11.1 Å². The largest absolute Gasteiger partial charge is 0.493 e. The lowest BCUT2D eigenvalue weighted by Gasteiger charge is -2.15. The molecule has 0 saturated carbocycles. The van der Waals surface area contributed by atoms with Crippen molar-refractivity contribution in [3.8, 4) is 11.5 Å². The minimum absolute atomic E-state index is 0.0730. The Labute approximate surface area is 169 Å². The quantitative estimate of drug-likeness (QED) is 0.600. The summed E-state index contributed by atoms with van der Waals surface area (Å²) in [5, 5.41) is 4.65. The second-order valence-electron chi connectivity index (χ2n) is 6.38. The fourth-order valence-electron chi connectivity index (χ4n) is 2.22. The summed E-state index contributed by atoms with van der Waals surface area (Å²) in [4.78, 5) is 35.3. The number of hydrogen-bond acceptors (Lipinski definition) is 7. The first-order chi connectivity index (χ1) is 13.2. The summed E-state index contributed by atoms with van der Waals surface area (Å²) >= 11 is 1.36. The Morgan fingerprint density at radius 2 is 1.68 bits per heavy atom. The number of thioether (sulfide) groups is 1. The highest BCUT2D eigenvalue weighted by atomic mass is 32.2. The summed E-state index contributed by atoms with van der Waals surface area (Å²) < 4.78 is 15.6. The van der Waals surface area contributed by atoms with Gasteiger partial charge in [0.1, 0.15) is 0 Å². The van der Waals surface area contributed by atoms with Gasteiger partial charge in [0.15, 0.2) is 17.6 Å². The zero-order valence-electron chi connectivity index (χ0n) is 17.1. The van der Waals surface area contributed by atoms with Crippen LogP contribution in [0.1, 0.15) is 31.9 Å². The first-order valence-electron chi connectivity index (χ1n) is 8.78. The fourth-order valence-corrected chi connectivity index (χ4v) is 3.09. The van der Waals surface area contributed by atoms with Gasteiger partial charge in [-0.15, -0.1) is 11.8 Å². The van der Waals surface area contributed by atoms with Gasteiger partial charge in [0.2, 0.25) is 0 Å². The van der Waals surface area contributed by atoms with Crippen LogP contribution in [0.5, 0.6) is 11.5 Å². The topological polar surface area (TPSA) is 103 Å². The second kappa shape index (κ2) is 11.4. The third kappa shape index (κ3) is 7.67. The van der Waals surface area contributed by atoms with Gasteiger partial charge in [0, 0.05) is 11.8 Å². The molecule has 1 atom stereocenters. The van der Waals surface area contributed by atoms with Crippen LogP contribution in [0.15, 0.2) is 12.1 Å². The fraction of sp³-hybridized carbons (Fsp3) is 0.526. The SMILES string of the molecule is COc1cc(C)c(CSCC(=O)O[C@@H](C)C(=O)NC(=O)NC(C)C)cc1OC. The van der Waals surface area contributed by atoms with E-state index in [1.807, 2.05) is 19.1 Å². The molecule has 0 aliphatic carbocycles. The molecular weight excluding hydrogens is 384 g/mol. The molecule has 0 spiro atoms. The highest BCUT2D eigenvalue weighted by molar-refractivity contribution is 7.99. The summed E-state index contributed by atoms with van der Waals surface area (Å²) in [7, 11) is 3.14. The molecule has 0 unspecified atom stereocenters. The van der Waals surface area contributed by atoms with Crippen molar-refractivity contribution in [1.29, 1.82) is 0 Å². The first-order valence-corrected chi connectivity index (χ1v) is 9.93. The van der Waals surface area contributed by atoms with Crippen molar-refractivity contribution in [1.82, 2.24) is 10.6 Å².